The molecular formula is C14H19N3O3. The Bertz CT molecular complexity index is 542. The van der Waals surface area contributed by atoms with Crippen molar-refractivity contribution in [3.63, 3.8) is 0 Å². The summed E-state index contributed by atoms with van der Waals surface area (Å²) in [4.78, 5) is 4.23. The van der Waals surface area contributed by atoms with Crippen molar-refractivity contribution in [3.05, 3.63) is 24.3 Å². The normalized spacial score (nSPS) is 12.2. The maximum atomic E-state index is 9.63. The molecule has 6 nitrogen and oxygen atoms in total. The zero-order valence-corrected chi connectivity index (χ0v) is 11.7. The number of anilines is 1. The zero-order valence-electron chi connectivity index (χ0n) is 11.7. The fourth-order valence-corrected chi connectivity index (χ4v) is 1.82. The summed E-state index contributed by atoms with van der Waals surface area (Å²) in [6, 6.07) is 7.73. The van der Waals surface area contributed by atoms with Crippen molar-refractivity contribution < 1.29 is 14.4 Å². The first kappa shape index (κ1) is 14.3. The lowest BCUT2D eigenvalue weighted by atomic mass is 10.2. The Morgan fingerprint density at radius 3 is 3.05 bits per heavy atom. The van der Waals surface area contributed by atoms with Crippen LogP contribution in [0.3, 0.4) is 0 Å². The average molecular weight is 277 g/mol. The molecule has 1 aromatic carbocycles. The third-order valence-electron chi connectivity index (χ3n) is 2.86. The number of rotatable bonds is 7. The predicted molar refractivity (Wildman–Crippen MR) is 75.7 cm³/mol. The zero-order chi connectivity index (χ0) is 14.4. The van der Waals surface area contributed by atoms with Gasteiger partial charge in [0.1, 0.15) is 5.75 Å². The molecular weight excluding hydrogens is 258 g/mol. The van der Waals surface area contributed by atoms with Gasteiger partial charge in [-0.25, -0.2) is 0 Å². The second-order valence-corrected chi connectivity index (χ2v) is 4.48. The maximum Gasteiger partial charge on any atom is 0.321 e. The number of hydrogen-bond donors (Lipinski definition) is 2. The quantitative estimate of drug-likeness (QED) is 0.808. The van der Waals surface area contributed by atoms with E-state index in [1.54, 1.807) is 7.11 Å². The first-order chi connectivity index (χ1) is 9.72. The molecule has 0 aliphatic heterocycles. The molecule has 0 aliphatic rings. The van der Waals surface area contributed by atoms with Crippen LogP contribution < -0.4 is 10.1 Å². The van der Waals surface area contributed by atoms with Gasteiger partial charge in [-0.05, 0) is 18.6 Å². The second-order valence-electron chi connectivity index (χ2n) is 4.48. The molecule has 0 radical (unpaired) electrons. The van der Waals surface area contributed by atoms with Crippen molar-refractivity contribution >= 4 is 6.01 Å². The molecule has 1 heterocycles. The molecule has 2 aromatic rings. The summed E-state index contributed by atoms with van der Waals surface area (Å²) in [6.45, 7) is 2.42. The highest BCUT2D eigenvalue weighted by Gasteiger charge is 2.10. The highest BCUT2D eigenvalue weighted by molar-refractivity contribution is 5.57. The molecule has 0 fully saturated rings. The third-order valence-corrected chi connectivity index (χ3v) is 2.86. The first-order valence-corrected chi connectivity index (χ1v) is 6.63. The van der Waals surface area contributed by atoms with Crippen molar-refractivity contribution in [1.29, 1.82) is 0 Å². The van der Waals surface area contributed by atoms with Gasteiger partial charge in [0.05, 0.1) is 13.2 Å². The molecule has 1 aromatic heterocycles. The topological polar surface area (TPSA) is 80.4 Å². The highest BCUT2D eigenvalue weighted by Crippen LogP contribution is 2.22. The predicted octanol–water partition coefficient (Wildman–Crippen LogP) is 2.32. The smallest absolute Gasteiger partial charge is 0.321 e. The minimum atomic E-state index is -0.410. The van der Waals surface area contributed by atoms with Gasteiger partial charge in [-0.15, -0.1) is 0 Å². The SMILES string of the molecule is CCCC(O)CNc1nc(-c2cccc(OC)c2)no1. The number of aromatic nitrogens is 2. The van der Waals surface area contributed by atoms with Gasteiger partial charge in [0, 0.05) is 12.1 Å². The number of aliphatic hydroxyl groups excluding tert-OH is 1. The van der Waals surface area contributed by atoms with E-state index in [1.807, 2.05) is 31.2 Å². The van der Waals surface area contributed by atoms with E-state index in [4.69, 9.17) is 9.26 Å². The molecule has 0 amide bonds. The summed E-state index contributed by atoms with van der Waals surface area (Å²) in [5, 5.41) is 16.5. The van der Waals surface area contributed by atoms with E-state index < -0.39 is 6.10 Å². The number of nitrogens with zero attached hydrogens (tertiary/aromatic N) is 2. The summed E-state index contributed by atoms with van der Waals surface area (Å²) < 4.78 is 10.3. The Morgan fingerprint density at radius 1 is 1.45 bits per heavy atom. The van der Waals surface area contributed by atoms with E-state index in [9.17, 15) is 5.11 Å². The minimum Gasteiger partial charge on any atom is -0.497 e. The lowest BCUT2D eigenvalue weighted by molar-refractivity contribution is 0.175. The maximum absolute atomic E-state index is 9.63. The monoisotopic (exact) mass is 277 g/mol. The van der Waals surface area contributed by atoms with Gasteiger partial charge in [0.25, 0.3) is 0 Å². The largest absolute Gasteiger partial charge is 0.497 e. The van der Waals surface area contributed by atoms with Gasteiger partial charge < -0.3 is 19.7 Å². The fourth-order valence-electron chi connectivity index (χ4n) is 1.82. The van der Waals surface area contributed by atoms with Gasteiger partial charge >= 0.3 is 6.01 Å². The van der Waals surface area contributed by atoms with Gasteiger partial charge in [0.15, 0.2) is 0 Å². The molecule has 0 aliphatic carbocycles. The van der Waals surface area contributed by atoms with Crippen LogP contribution in [0.1, 0.15) is 19.8 Å². The number of methoxy groups -OCH3 is 1. The molecule has 2 N–H and O–H groups in total. The molecule has 6 heteroatoms. The van der Waals surface area contributed by atoms with Crippen molar-refractivity contribution in [2.75, 3.05) is 19.0 Å². The summed E-state index contributed by atoms with van der Waals surface area (Å²) in [7, 11) is 1.61. The van der Waals surface area contributed by atoms with Crippen molar-refractivity contribution in [2.45, 2.75) is 25.9 Å². The van der Waals surface area contributed by atoms with Crippen LogP contribution in [0.15, 0.2) is 28.8 Å². The summed E-state index contributed by atoms with van der Waals surface area (Å²) >= 11 is 0. The number of ether oxygens (including phenoxy) is 1. The minimum absolute atomic E-state index is 0.304. The van der Waals surface area contributed by atoms with E-state index in [0.29, 0.717) is 18.4 Å². The van der Waals surface area contributed by atoms with Gasteiger partial charge in [-0.3, -0.25) is 0 Å². The summed E-state index contributed by atoms with van der Waals surface area (Å²) in [6.07, 6.45) is 1.26. The van der Waals surface area contributed by atoms with Crippen LogP contribution >= 0.6 is 0 Å². The fraction of sp³-hybridized carbons (Fsp3) is 0.429. The van der Waals surface area contributed by atoms with Crippen LogP contribution in [-0.4, -0.2) is 35.0 Å². The van der Waals surface area contributed by atoms with Crippen LogP contribution in [0.2, 0.25) is 0 Å². The summed E-state index contributed by atoms with van der Waals surface area (Å²) in [5.74, 6) is 1.22. The van der Waals surface area contributed by atoms with E-state index in [-0.39, 0.29) is 0 Å². The number of aliphatic hydroxyl groups is 1. The van der Waals surface area contributed by atoms with Crippen LogP contribution in [0.25, 0.3) is 11.4 Å². The number of benzene rings is 1. The first-order valence-electron chi connectivity index (χ1n) is 6.63. The van der Waals surface area contributed by atoms with E-state index in [2.05, 4.69) is 15.5 Å². The molecule has 0 spiro atoms. The van der Waals surface area contributed by atoms with Crippen LogP contribution in [0.4, 0.5) is 6.01 Å². The number of hydrogen-bond acceptors (Lipinski definition) is 6. The van der Waals surface area contributed by atoms with Crippen molar-refractivity contribution in [3.8, 4) is 17.1 Å². The molecule has 2 rings (SSSR count). The second kappa shape index (κ2) is 6.91. The van der Waals surface area contributed by atoms with Crippen molar-refractivity contribution in [2.24, 2.45) is 0 Å². The summed E-state index contributed by atoms with van der Waals surface area (Å²) in [5.41, 5.74) is 0.815. The van der Waals surface area contributed by atoms with E-state index in [0.717, 1.165) is 24.2 Å². The van der Waals surface area contributed by atoms with Gasteiger partial charge in [-0.2, -0.15) is 4.98 Å². The average Bonchev–Trinajstić information content (AvgIpc) is 2.94. The standard InChI is InChI=1S/C14H19N3O3/c1-3-5-11(18)9-15-14-16-13(17-20-14)10-6-4-7-12(8-10)19-2/h4,6-8,11,18H,3,5,9H2,1-2H3,(H,15,16,17). The van der Waals surface area contributed by atoms with Crippen molar-refractivity contribution in [1.82, 2.24) is 10.1 Å². The molecule has 1 unspecified atom stereocenters. The molecule has 20 heavy (non-hydrogen) atoms. The van der Waals surface area contributed by atoms with E-state index in [1.165, 1.54) is 0 Å². The lowest BCUT2D eigenvalue weighted by Gasteiger charge is -2.07. The molecule has 1 atom stereocenters. The molecule has 0 saturated carbocycles. The van der Waals surface area contributed by atoms with Gasteiger partial charge in [0.2, 0.25) is 5.82 Å². The van der Waals surface area contributed by atoms with Crippen LogP contribution in [0, 0.1) is 0 Å². The van der Waals surface area contributed by atoms with E-state index >= 15 is 0 Å². The third kappa shape index (κ3) is 3.71. The number of nitrogens with one attached hydrogen (secondary N) is 1. The molecule has 0 bridgehead atoms. The Morgan fingerprint density at radius 2 is 2.30 bits per heavy atom. The Balaban J connectivity index is 2.01. The molecule has 0 saturated heterocycles. The Kier molecular flexibility index (Phi) is 4.95. The van der Waals surface area contributed by atoms with Crippen LogP contribution in [-0.2, 0) is 0 Å². The van der Waals surface area contributed by atoms with Crippen LogP contribution in [0.5, 0.6) is 5.75 Å². The highest BCUT2D eigenvalue weighted by atomic mass is 16.5. The Hall–Kier alpha value is -2.08. The molecule has 108 valence electrons. The Labute approximate surface area is 117 Å². The van der Waals surface area contributed by atoms with Gasteiger partial charge in [-0.1, -0.05) is 30.6 Å². The lowest BCUT2D eigenvalue weighted by Crippen LogP contribution is -2.19.